The minimum Gasteiger partial charge on any atom is -0.378 e. The monoisotopic (exact) mass is 316 g/mol. The first-order valence-corrected chi connectivity index (χ1v) is 8.97. The smallest absolute Gasteiger partial charge is 0.224 e. The van der Waals surface area contributed by atoms with E-state index in [0.29, 0.717) is 19.1 Å². The zero-order valence-electron chi connectivity index (χ0n) is 13.9. The Balaban J connectivity index is 1.58. The van der Waals surface area contributed by atoms with Gasteiger partial charge in [-0.05, 0) is 24.8 Å². The fourth-order valence-electron chi connectivity index (χ4n) is 3.70. The minimum atomic E-state index is 0.178. The largest absolute Gasteiger partial charge is 0.378 e. The molecule has 1 aromatic carbocycles. The van der Waals surface area contributed by atoms with Crippen molar-refractivity contribution in [3.63, 3.8) is 0 Å². The maximum absolute atomic E-state index is 12.9. The lowest BCUT2D eigenvalue weighted by molar-refractivity contribution is -0.134. The number of nitrogens with one attached hydrogen (secondary N) is 1. The zero-order chi connectivity index (χ0) is 15.9. The van der Waals surface area contributed by atoms with Crippen molar-refractivity contribution >= 4 is 5.91 Å². The summed E-state index contributed by atoms with van der Waals surface area (Å²) in [7, 11) is 0. The summed E-state index contributed by atoms with van der Waals surface area (Å²) in [5.41, 5.74) is 1.31. The molecule has 1 aliphatic heterocycles. The number of nitrogens with zero attached hydrogens (tertiary/aromatic N) is 1. The molecule has 0 bridgehead atoms. The van der Waals surface area contributed by atoms with Crippen LogP contribution in [0.5, 0.6) is 0 Å². The topological polar surface area (TPSA) is 41.6 Å². The summed E-state index contributed by atoms with van der Waals surface area (Å²) in [6.45, 7) is 3.10. The maximum atomic E-state index is 12.9. The van der Waals surface area contributed by atoms with Crippen molar-refractivity contribution in [2.75, 3.05) is 26.3 Å². The highest BCUT2D eigenvalue weighted by atomic mass is 16.5. The van der Waals surface area contributed by atoms with E-state index >= 15 is 0 Å². The average molecular weight is 316 g/mol. The van der Waals surface area contributed by atoms with Crippen molar-refractivity contribution in [3.05, 3.63) is 35.9 Å². The first-order valence-electron chi connectivity index (χ1n) is 8.97. The van der Waals surface area contributed by atoms with Crippen molar-refractivity contribution in [2.45, 2.75) is 50.6 Å². The SMILES string of the molecule is O=C(CC1COCCN1)N(CCc1ccccc1)C1CCCC1. The van der Waals surface area contributed by atoms with Crippen molar-refractivity contribution in [2.24, 2.45) is 0 Å². The maximum Gasteiger partial charge on any atom is 0.224 e. The molecule has 1 aliphatic carbocycles. The van der Waals surface area contributed by atoms with Gasteiger partial charge in [-0.3, -0.25) is 4.79 Å². The Morgan fingerprint density at radius 3 is 2.70 bits per heavy atom. The van der Waals surface area contributed by atoms with Crippen LogP contribution in [0.25, 0.3) is 0 Å². The minimum absolute atomic E-state index is 0.178. The van der Waals surface area contributed by atoms with Crippen molar-refractivity contribution in [1.82, 2.24) is 10.2 Å². The van der Waals surface area contributed by atoms with Gasteiger partial charge in [0.2, 0.25) is 5.91 Å². The van der Waals surface area contributed by atoms with Crippen LogP contribution in [-0.4, -0.2) is 49.2 Å². The molecular formula is C19H28N2O2. The number of ether oxygens (including phenoxy) is 1. The molecule has 4 heteroatoms. The van der Waals surface area contributed by atoms with E-state index in [4.69, 9.17) is 4.74 Å². The van der Waals surface area contributed by atoms with E-state index in [2.05, 4.69) is 34.5 Å². The van der Waals surface area contributed by atoms with Gasteiger partial charge in [-0.25, -0.2) is 0 Å². The summed E-state index contributed by atoms with van der Waals surface area (Å²) < 4.78 is 5.48. The molecule has 1 amide bonds. The summed E-state index contributed by atoms with van der Waals surface area (Å²) in [5.74, 6) is 0.288. The van der Waals surface area contributed by atoms with E-state index < -0.39 is 0 Å². The Bertz CT molecular complexity index is 479. The van der Waals surface area contributed by atoms with Gasteiger partial charge >= 0.3 is 0 Å². The Morgan fingerprint density at radius 2 is 2.00 bits per heavy atom. The van der Waals surface area contributed by atoms with Crippen molar-refractivity contribution in [1.29, 1.82) is 0 Å². The Hall–Kier alpha value is -1.39. The zero-order valence-corrected chi connectivity index (χ0v) is 13.9. The van der Waals surface area contributed by atoms with Crippen LogP contribution in [0.3, 0.4) is 0 Å². The fourth-order valence-corrected chi connectivity index (χ4v) is 3.70. The van der Waals surface area contributed by atoms with Gasteiger partial charge in [0, 0.05) is 31.6 Å². The second kappa shape index (κ2) is 8.46. The summed E-state index contributed by atoms with van der Waals surface area (Å²) in [5, 5.41) is 3.40. The molecule has 1 saturated heterocycles. The molecule has 1 unspecified atom stereocenters. The summed E-state index contributed by atoms with van der Waals surface area (Å²) in [4.78, 5) is 15.0. The van der Waals surface area contributed by atoms with Gasteiger partial charge in [-0.1, -0.05) is 43.2 Å². The lowest BCUT2D eigenvalue weighted by Gasteiger charge is -2.32. The molecule has 1 atom stereocenters. The molecule has 1 heterocycles. The first kappa shape index (κ1) is 16.5. The molecule has 126 valence electrons. The molecule has 2 aliphatic rings. The molecule has 1 aromatic rings. The second-order valence-electron chi connectivity index (χ2n) is 6.69. The van der Waals surface area contributed by atoms with Crippen LogP contribution in [0.4, 0.5) is 0 Å². The number of hydrogen-bond acceptors (Lipinski definition) is 3. The predicted molar refractivity (Wildman–Crippen MR) is 91.3 cm³/mol. The number of morpholine rings is 1. The van der Waals surface area contributed by atoms with E-state index in [1.165, 1.54) is 18.4 Å². The van der Waals surface area contributed by atoms with Crippen LogP contribution in [0.1, 0.15) is 37.7 Å². The Labute approximate surface area is 139 Å². The molecule has 1 N–H and O–H groups in total. The normalized spacial score (nSPS) is 22.2. The van der Waals surface area contributed by atoms with Gasteiger partial charge < -0.3 is 15.0 Å². The highest BCUT2D eigenvalue weighted by Gasteiger charge is 2.28. The Morgan fingerprint density at radius 1 is 1.22 bits per heavy atom. The third-order valence-corrected chi connectivity index (χ3v) is 4.99. The molecular weight excluding hydrogens is 288 g/mol. The van der Waals surface area contributed by atoms with Crippen LogP contribution >= 0.6 is 0 Å². The lowest BCUT2D eigenvalue weighted by atomic mass is 10.1. The van der Waals surface area contributed by atoms with Gasteiger partial charge in [0.1, 0.15) is 0 Å². The number of carbonyl (C=O) groups is 1. The van der Waals surface area contributed by atoms with Gasteiger partial charge in [-0.2, -0.15) is 0 Å². The van der Waals surface area contributed by atoms with E-state index in [1.54, 1.807) is 0 Å². The molecule has 0 aromatic heterocycles. The number of rotatable bonds is 6. The third kappa shape index (κ3) is 4.79. The average Bonchev–Trinajstić information content (AvgIpc) is 3.11. The van der Waals surface area contributed by atoms with Crippen LogP contribution < -0.4 is 5.32 Å². The molecule has 1 saturated carbocycles. The molecule has 2 fully saturated rings. The van der Waals surface area contributed by atoms with Gasteiger partial charge in [0.15, 0.2) is 0 Å². The van der Waals surface area contributed by atoms with E-state index in [9.17, 15) is 4.79 Å². The number of benzene rings is 1. The van der Waals surface area contributed by atoms with E-state index in [0.717, 1.165) is 39.0 Å². The molecule has 0 radical (unpaired) electrons. The van der Waals surface area contributed by atoms with Crippen LogP contribution in [-0.2, 0) is 16.0 Å². The standard InChI is InChI=1S/C19H28N2O2/c22-19(14-17-15-23-13-11-20-17)21(18-8-4-5-9-18)12-10-16-6-2-1-3-7-16/h1-3,6-7,17-18,20H,4-5,8-15H2. The molecule has 0 spiro atoms. The lowest BCUT2D eigenvalue weighted by Crippen LogP contribution is -2.47. The highest BCUT2D eigenvalue weighted by Crippen LogP contribution is 2.24. The van der Waals surface area contributed by atoms with E-state index in [-0.39, 0.29) is 11.9 Å². The van der Waals surface area contributed by atoms with Gasteiger partial charge in [0.05, 0.1) is 13.2 Å². The number of carbonyl (C=O) groups excluding carboxylic acids is 1. The third-order valence-electron chi connectivity index (χ3n) is 4.99. The van der Waals surface area contributed by atoms with Crippen molar-refractivity contribution < 1.29 is 9.53 Å². The summed E-state index contributed by atoms with van der Waals surface area (Å²) >= 11 is 0. The molecule has 23 heavy (non-hydrogen) atoms. The predicted octanol–water partition coefficient (Wildman–Crippen LogP) is 2.38. The van der Waals surface area contributed by atoms with Crippen LogP contribution in [0.15, 0.2) is 30.3 Å². The van der Waals surface area contributed by atoms with Gasteiger partial charge in [-0.15, -0.1) is 0 Å². The Kier molecular flexibility index (Phi) is 6.06. The number of amides is 1. The molecule has 3 rings (SSSR count). The van der Waals surface area contributed by atoms with Crippen LogP contribution in [0.2, 0.25) is 0 Å². The quantitative estimate of drug-likeness (QED) is 0.876. The van der Waals surface area contributed by atoms with Crippen LogP contribution in [0, 0.1) is 0 Å². The fraction of sp³-hybridized carbons (Fsp3) is 0.632. The highest BCUT2D eigenvalue weighted by molar-refractivity contribution is 5.77. The summed E-state index contributed by atoms with van der Waals surface area (Å²) in [6, 6.07) is 11.1. The van der Waals surface area contributed by atoms with Gasteiger partial charge in [0.25, 0.3) is 0 Å². The number of hydrogen-bond donors (Lipinski definition) is 1. The summed E-state index contributed by atoms with van der Waals surface area (Å²) in [6.07, 6.45) is 6.34. The second-order valence-corrected chi connectivity index (χ2v) is 6.69. The van der Waals surface area contributed by atoms with Crippen molar-refractivity contribution in [3.8, 4) is 0 Å². The first-order chi connectivity index (χ1) is 11.3. The van der Waals surface area contributed by atoms with E-state index in [1.807, 2.05) is 6.07 Å². The molecule has 4 nitrogen and oxygen atoms in total.